The van der Waals surface area contributed by atoms with Crippen LogP contribution in [0.4, 0.5) is 8.78 Å². The first-order valence-electron chi connectivity index (χ1n) is 6.42. The first kappa shape index (κ1) is 14.2. The van der Waals surface area contributed by atoms with Gasteiger partial charge in [0.25, 0.3) is 0 Å². The van der Waals surface area contributed by atoms with Gasteiger partial charge in [-0.3, -0.25) is 0 Å². The first-order chi connectivity index (χ1) is 9.06. The Morgan fingerprint density at radius 2 is 1.95 bits per heavy atom. The van der Waals surface area contributed by atoms with Gasteiger partial charge >= 0.3 is 0 Å². The van der Waals surface area contributed by atoms with Crippen molar-refractivity contribution in [1.29, 1.82) is 0 Å². The second-order valence-electron chi connectivity index (χ2n) is 4.83. The summed E-state index contributed by atoms with van der Waals surface area (Å²) in [5, 5.41) is 2.95. The SMILES string of the molecule is CNC(c1c(F)cc(OC)cc1F)C1CCC(C)O1. The van der Waals surface area contributed by atoms with E-state index in [0.717, 1.165) is 12.8 Å². The summed E-state index contributed by atoms with van der Waals surface area (Å²) in [6, 6.07) is 1.90. The Hall–Kier alpha value is -1.20. The summed E-state index contributed by atoms with van der Waals surface area (Å²) in [4.78, 5) is 0. The van der Waals surface area contributed by atoms with Crippen molar-refractivity contribution < 1.29 is 18.3 Å². The molecule has 3 unspecified atom stereocenters. The average Bonchev–Trinajstić information content (AvgIpc) is 2.79. The van der Waals surface area contributed by atoms with Crippen LogP contribution in [0.2, 0.25) is 0 Å². The maximum atomic E-state index is 14.1. The van der Waals surface area contributed by atoms with Crippen LogP contribution in [0.25, 0.3) is 0 Å². The molecule has 0 radical (unpaired) electrons. The zero-order valence-electron chi connectivity index (χ0n) is 11.4. The minimum absolute atomic E-state index is 0.0161. The molecule has 0 bridgehead atoms. The van der Waals surface area contributed by atoms with Crippen LogP contribution in [0, 0.1) is 11.6 Å². The monoisotopic (exact) mass is 271 g/mol. The van der Waals surface area contributed by atoms with E-state index in [1.807, 2.05) is 6.92 Å². The molecule has 0 saturated carbocycles. The fraction of sp³-hybridized carbons (Fsp3) is 0.571. The fourth-order valence-corrected chi connectivity index (χ4v) is 2.57. The zero-order valence-corrected chi connectivity index (χ0v) is 11.4. The average molecular weight is 271 g/mol. The molecule has 1 aromatic carbocycles. The van der Waals surface area contributed by atoms with E-state index in [9.17, 15) is 8.78 Å². The van der Waals surface area contributed by atoms with Crippen LogP contribution in [-0.4, -0.2) is 26.4 Å². The molecule has 1 heterocycles. The molecule has 0 amide bonds. The van der Waals surface area contributed by atoms with Gasteiger partial charge in [-0.05, 0) is 26.8 Å². The Labute approximate surface area is 111 Å². The first-order valence-corrected chi connectivity index (χ1v) is 6.42. The topological polar surface area (TPSA) is 30.5 Å². The summed E-state index contributed by atoms with van der Waals surface area (Å²) in [6.45, 7) is 1.97. The van der Waals surface area contributed by atoms with E-state index >= 15 is 0 Å². The van der Waals surface area contributed by atoms with Crippen molar-refractivity contribution in [1.82, 2.24) is 5.32 Å². The molecule has 0 aliphatic carbocycles. The van der Waals surface area contributed by atoms with Crippen LogP contribution in [0.15, 0.2) is 12.1 Å². The van der Waals surface area contributed by atoms with Gasteiger partial charge in [-0.2, -0.15) is 0 Å². The van der Waals surface area contributed by atoms with Crippen molar-refractivity contribution >= 4 is 0 Å². The van der Waals surface area contributed by atoms with Crippen LogP contribution in [0.5, 0.6) is 5.75 Å². The highest BCUT2D eigenvalue weighted by Crippen LogP contribution is 2.33. The Morgan fingerprint density at radius 1 is 1.32 bits per heavy atom. The van der Waals surface area contributed by atoms with Crippen LogP contribution in [0.1, 0.15) is 31.4 Å². The lowest BCUT2D eigenvalue weighted by atomic mass is 9.98. The molecule has 19 heavy (non-hydrogen) atoms. The summed E-state index contributed by atoms with van der Waals surface area (Å²) < 4.78 is 38.7. The molecule has 3 nitrogen and oxygen atoms in total. The van der Waals surface area contributed by atoms with Gasteiger partial charge in [-0.15, -0.1) is 0 Å². The third-order valence-corrected chi connectivity index (χ3v) is 3.55. The maximum Gasteiger partial charge on any atom is 0.134 e. The summed E-state index contributed by atoms with van der Waals surface area (Å²) in [7, 11) is 3.06. The quantitative estimate of drug-likeness (QED) is 0.913. The van der Waals surface area contributed by atoms with Gasteiger partial charge in [-0.1, -0.05) is 0 Å². The number of nitrogens with one attached hydrogen (secondary N) is 1. The number of rotatable bonds is 4. The number of hydrogen-bond acceptors (Lipinski definition) is 3. The predicted molar refractivity (Wildman–Crippen MR) is 68.3 cm³/mol. The molecule has 106 valence electrons. The second kappa shape index (κ2) is 5.84. The molecular weight excluding hydrogens is 252 g/mol. The number of benzene rings is 1. The van der Waals surface area contributed by atoms with Crippen molar-refractivity contribution in [2.24, 2.45) is 0 Å². The number of methoxy groups -OCH3 is 1. The van der Waals surface area contributed by atoms with Crippen LogP contribution in [-0.2, 0) is 4.74 Å². The van der Waals surface area contributed by atoms with E-state index in [4.69, 9.17) is 9.47 Å². The van der Waals surface area contributed by atoms with Crippen molar-refractivity contribution in [3.8, 4) is 5.75 Å². The van der Waals surface area contributed by atoms with Crippen molar-refractivity contribution in [3.63, 3.8) is 0 Å². The zero-order chi connectivity index (χ0) is 14.0. The minimum Gasteiger partial charge on any atom is -0.497 e. The molecule has 1 aromatic rings. The van der Waals surface area contributed by atoms with Gasteiger partial charge in [0.15, 0.2) is 0 Å². The van der Waals surface area contributed by atoms with E-state index < -0.39 is 17.7 Å². The number of ether oxygens (including phenoxy) is 2. The van der Waals surface area contributed by atoms with Crippen molar-refractivity contribution in [2.45, 2.75) is 38.0 Å². The van der Waals surface area contributed by atoms with Crippen molar-refractivity contribution in [2.75, 3.05) is 14.2 Å². The lowest BCUT2D eigenvalue weighted by Crippen LogP contribution is -2.31. The van der Waals surface area contributed by atoms with Crippen LogP contribution in [0.3, 0.4) is 0 Å². The van der Waals surface area contributed by atoms with Crippen LogP contribution < -0.4 is 10.1 Å². The molecule has 1 saturated heterocycles. The smallest absolute Gasteiger partial charge is 0.134 e. The summed E-state index contributed by atoms with van der Waals surface area (Å²) >= 11 is 0. The van der Waals surface area contributed by atoms with Gasteiger partial charge in [0, 0.05) is 17.7 Å². The van der Waals surface area contributed by atoms with Gasteiger partial charge in [-0.25, -0.2) is 8.78 Å². The van der Waals surface area contributed by atoms with E-state index in [-0.39, 0.29) is 23.5 Å². The molecule has 1 fully saturated rings. The van der Waals surface area contributed by atoms with Crippen molar-refractivity contribution in [3.05, 3.63) is 29.3 Å². The number of likely N-dealkylation sites (N-methyl/N-ethyl adjacent to an activating group) is 1. The number of hydrogen-bond donors (Lipinski definition) is 1. The Morgan fingerprint density at radius 3 is 2.37 bits per heavy atom. The lowest BCUT2D eigenvalue weighted by Gasteiger charge is -2.24. The van der Waals surface area contributed by atoms with Gasteiger partial charge < -0.3 is 14.8 Å². The Kier molecular flexibility index (Phi) is 4.37. The minimum atomic E-state index is -0.612. The second-order valence-corrected chi connectivity index (χ2v) is 4.83. The normalized spacial score (nSPS) is 24.5. The highest BCUT2D eigenvalue weighted by molar-refractivity contribution is 5.33. The Balaban J connectivity index is 2.33. The molecule has 1 N–H and O–H groups in total. The molecule has 3 atom stereocenters. The van der Waals surface area contributed by atoms with E-state index in [0.29, 0.717) is 0 Å². The molecule has 1 aliphatic heterocycles. The predicted octanol–water partition coefficient (Wildman–Crippen LogP) is 2.80. The van der Waals surface area contributed by atoms with Crippen LogP contribution >= 0.6 is 0 Å². The molecule has 0 aromatic heterocycles. The third-order valence-electron chi connectivity index (χ3n) is 3.55. The molecule has 2 rings (SSSR count). The molecular formula is C14H19F2NO2. The van der Waals surface area contributed by atoms with E-state index in [1.165, 1.54) is 19.2 Å². The van der Waals surface area contributed by atoms with E-state index in [1.54, 1.807) is 7.05 Å². The third kappa shape index (κ3) is 2.87. The van der Waals surface area contributed by atoms with Gasteiger partial charge in [0.05, 0.1) is 25.4 Å². The van der Waals surface area contributed by atoms with E-state index in [2.05, 4.69) is 5.32 Å². The highest BCUT2D eigenvalue weighted by atomic mass is 19.1. The van der Waals surface area contributed by atoms with Gasteiger partial charge in [0.2, 0.25) is 0 Å². The summed E-state index contributed by atoms with van der Waals surface area (Å²) in [5.74, 6) is -1.05. The largest absolute Gasteiger partial charge is 0.497 e. The Bertz CT molecular complexity index is 430. The lowest BCUT2D eigenvalue weighted by molar-refractivity contribution is 0.0317. The highest BCUT2D eigenvalue weighted by Gasteiger charge is 2.33. The maximum absolute atomic E-state index is 14.1. The summed E-state index contributed by atoms with van der Waals surface area (Å²) in [5.41, 5.74) is 0.0161. The molecule has 5 heteroatoms. The molecule has 1 aliphatic rings. The van der Waals surface area contributed by atoms with Gasteiger partial charge in [0.1, 0.15) is 17.4 Å². The number of halogens is 2. The summed E-state index contributed by atoms with van der Waals surface area (Å²) in [6.07, 6.45) is 1.61. The fourth-order valence-electron chi connectivity index (χ4n) is 2.57. The standard InChI is InChI=1S/C14H19F2NO2/c1-8-4-5-12(19-8)14(17-2)13-10(15)6-9(18-3)7-11(13)16/h6-8,12,14,17H,4-5H2,1-3H3. The molecule has 0 spiro atoms.